The number of amides is 1. The Hall–Kier alpha value is -2.80. The second-order valence-corrected chi connectivity index (χ2v) is 8.21. The molecule has 1 fully saturated rings. The third kappa shape index (κ3) is 5.17. The van der Waals surface area contributed by atoms with Gasteiger partial charge in [-0.05, 0) is 62.2 Å². The van der Waals surface area contributed by atoms with Gasteiger partial charge in [0.25, 0.3) is 0 Å². The minimum Gasteiger partial charge on any atom is -0.487 e. The van der Waals surface area contributed by atoms with Crippen molar-refractivity contribution < 1.29 is 28.6 Å². The van der Waals surface area contributed by atoms with Gasteiger partial charge in [-0.2, -0.15) is 0 Å². The topological polar surface area (TPSA) is 76.1 Å². The molecule has 2 aromatic rings. The SMILES string of the molecule is CC(C)(C)OC(=O)N1CC(Oc2cc(C(=O)O)cc(-c3ccc(Cl)c(F)c3)c2)C1. The maximum absolute atomic E-state index is 13.8. The van der Waals surface area contributed by atoms with Crippen LogP contribution in [0.25, 0.3) is 11.1 Å². The predicted molar refractivity (Wildman–Crippen MR) is 106 cm³/mol. The first kappa shape index (κ1) is 20.9. The Bertz CT molecular complexity index is 951. The van der Waals surface area contributed by atoms with Crippen molar-refractivity contribution in [2.75, 3.05) is 13.1 Å². The van der Waals surface area contributed by atoms with Crippen LogP contribution in [-0.2, 0) is 4.74 Å². The number of carboxylic acids is 1. The first-order valence-corrected chi connectivity index (χ1v) is 9.38. The Kier molecular flexibility index (Phi) is 5.71. The zero-order valence-corrected chi connectivity index (χ0v) is 17.0. The smallest absolute Gasteiger partial charge is 0.410 e. The highest BCUT2D eigenvalue weighted by Gasteiger charge is 2.35. The van der Waals surface area contributed by atoms with Crippen molar-refractivity contribution >= 4 is 23.7 Å². The van der Waals surface area contributed by atoms with Gasteiger partial charge in [-0.1, -0.05) is 17.7 Å². The van der Waals surface area contributed by atoms with Crippen LogP contribution in [0.1, 0.15) is 31.1 Å². The maximum Gasteiger partial charge on any atom is 0.410 e. The predicted octanol–water partition coefficient (Wildman–Crippen LogP) is 4.84. The van der Waals surface area contributed by atoms with E-state index in [2.05, 4.69) is 0 Å². The molecule has 1 amide bonds. The summed E-state index contributed by atoms with van der Waals surface area (Å²) < 4.78 is 24.9. The van der Waals surface area contributed by atoms with E-state index in [0.29, 0.717) is 30.0 Å². The minimum absolute atomic E-state index is 0.0104. The van der Waals surface area contributed by atoms with Crippen LogP contribution in [0, 0.1) is 5.82 Å². The molecule has 2 aromatic carbocycles. The summed E-state index contributed by atoms with van der Waals surface area (Å²) in [6.45, 7) is 6.03. The Balaban J connectivity index is 1.75. The fourth-order valence-electron chi connectivity index (χ4n) is 2.81. The van der Waals surface area contributed by atoms with Gasteiger partial charge < -0.3 is 19.5 Å². The van der Waals surface area contributed by atoms with Crippen molar-refractivity contribution in [1.82, 2.24) is 4.90 Å². The second kappa shape index (κ2) is 7.91. The number of likely N-dealkylation sites (tertiary alicyclic amines) is 1. The molecule has 0 atom stereocenters. The van der Waals surface area contributed by atoms with E-state index in [1.807, 2.05) is 0 Å². The van der Waals surface area contributed by atoms with Crippen molar-refractivity contribution in [3.63, 3.8) is 0 Å². The number of aromatic carboxylic acids is 1. The quantitative estimate of drug-likeness (QED) is 0.764. The van der Waals surface area contributed by atoms with Crippen molar-refractivity contribution in [2.45, 2.75) is 32.5 Å². The maximum atomic E-state index is 13.8. The number of carboxylic acid groups (broad SMARTS) is 1. The van der Waals surface area contributed by atoms with Gasteiger partial charge in [-0.3, -0.25) is 0 Å². The summed E-state index contributed by atoms with van der Waals surface area (Å²) in [6.07, 6.45) is -0.713. The zero-order chi connectivity index (χ0) is 21.3. The van der Waals surface area contributed by atoms with E-state index in [1.54, 1.807) is 32.9 Å². The summed E-state index contributed by atoms with van der Waals surface area (Å²) in [5.41, 5.74) is 0.389. The molecule has 0 unspecified atom stereocenters. The van der Waals surface area contributed by atoms with E-state index < -0.39 is 23.5 Å². The zero-order valence-electron chi connectivity index (χ0n) is 16.2. The molecule has 0 radical (unpaired) electrons. The van der Waals surface area contributed by atoms with Gasteiger partial charge in [-0.25, -0.2) is 14.0 Å². The highest BCUT2D eigenvalue weighted by Crippen LogP contribution is 2.30. The number of hydrogen-bond donors (Lipinski definition) is 1. The first-order valence-electron chi connectivity index (χ1n) is 9.00. The summed E-state index contributed by atoms with van der Waals surface area (Å²) in [7, 11) is 0. The minimum atomic E-state index is -1.13. The van der Waals surface area contributed by atoms with Gasteiger partial charge in [0.15, 0.2) is 0 Å². The van der Waals surface area contributed by atoms with Crippen LogP contribution >= 0.6 is 11.6 Å². The number of halogens is 2. The number of ether oxygens (including phenoxy) is 2. The van der Waals surface area contributed by atoms with Crippen molar-refractivity contribution in [1.29, 1.82) is 0 Å². The van der Waals surface area contributed by atoms with Crippen LogP contribution in [0.15, 0.2) is 36.4 Å². The Morgan fingerprint density at radius 3 is 2.41 bits per heavy atom. The van der Waals surface area contributed by atoms with Crippen LogP contribution in [0.4, 0.5) is 9.18 Å². The molecule has 0 aromatic heterocycles. The van der Waals surface area contributed by atoms with Crippen LogP contribution in [0.5, 0.6) is 5.75 Å². The van der Waals surface area contributed by atoms with Crippen LogP contribution in [0.3, 0.4) is 0 Å². The number of nitrogens with zero attached hydrogens (tertiary/aromatic N) is 1. The molecule has 1 aliphatic rings. The molecule has 154 valence electrons. The molecule has 1 aliphatic heterocycles. The average molecular weight is 422 g/mol. The second-order valence-electron chi connectivity index (χ2n) is 7.81. The Morgan fingerprint density at radius 2 is 1.83 bits per heavy atom. The molecule has 1 heterocycles. The highest BCUT2D eigenvalue weighted by atomic mass is 35.5. The number of benzene rings is 2. The van der Waals surface area contributed by atoms with E-state index in [4.69, 9.17) is 21.1 Å². The summed E-state index contributed by atoms with van der Waals surface area (Å²) in [4.78, 5) is 25.0. The number of carbonyl (C=O) groups excluding carboxylic acids is 1. The van der Waals surface area contributed by atoms with Crippen molar-refractivity contribution in [2.24, 2.45) is 0 Å². The molecule has 0 saturated carbocycles. The normalized spacial score (nSPS) is 14.3. The lowest BCUT2D eigenvalue weighted by Gasteiger charge is -2.39. The van der Waals surface area contributed by atoms with Gasteiger partial charge in [0.1, 0.15) is 23.3 Å². The molecule has 0 bridgehead atoms. The van der Waals surface area contributed by atoms with E-state index in [-0.39, 0.29) is 16.7 Å². The van der Waals surface area contributed by atoms with Gasteiger partial charge in [0.2, 0.25) is 0 Å². The standard InChI is InChI=1S/C21H21ClFNO5/c1-21(2,3)29-20(27)24-10-16(11-24)28-15-7-13(6-14(8-15)19(25)26)12-4-5-17(22)18(23)9-12/h4-9,16H,10-11H2,1-3H3,(H,25,26). The van der Waals surface area contributed by atoms with Gasteiger partial charge in [-0.15, -0.1) is 0 Å². The molecule has 1 N–H and O–H groups in total. The highest BCUT2D eigenvalue weighted by molar-refractivity contribution is 6.30. The Labute approximate surface area is 172 Å². The summed E-state index contributed by atoms with van der Waals surface area (Å²) in [6, 6.07) is 8.71. The number of rotatable bonds is 4. The summed E-state index contributed by atoms with van der Waals surface area (Å²) in [5, 5.41) is 9.37. The molecular weight excluding hydrogens is 401 g/mol. The van der Waals surface area contributed by atoms with E-state index in [0.717, 1.165) is 0 Å². The number of carbonyl (C=O) groups is 2. The van der Waals surface area contributed by atoms with Crippen LogP contribution < -0.4 is 4.74 Å². The molecule has 0 aliphatic carbocycles. The monoisotopic (exact) mass is 421 g/mol. The molecule has 1 saturated heterocycles. The summed E-state index contributed by atoms with van der Waals surface area (Å²) in [5.74, 6) is -1.40. The fraction of sp³-hybridized carbons (Fsp3) is 0.333. The largest absolute Gasteiger partial charge is 0.487 e. The van der Waals surface area contributed by atoms with Gasteiger partial charge >= 0.3 is 12.1 Å². The molecule has 29 heavy (non-hydrogen) atoms. The van der Waals surface area contributed by atoms with Crippen molar-refractivity contribution in [3.05, 3.63) is 52.8 Å². The molecular formula is C21H21ClFNO5. The lowest BCUT2D eigenvalue weighted by molar-refractivity contribution is -0.0221. The first-order chi connectivity index (χ1) is 13.5. The Morgan fingerprint density at radius 1 is 1.14 bits per heavy atom. The van der Waals surface area contributed by atoms with E-state index in [9.17, 15) is 19.1 Å². The van der Waals surface area contributed by atoms with Gasteiger partial charge in [0, 0.05) is 0 Å². The van der Waals surface area contributed by atoms with Crippen LogP contribution in [0.2, 0.25) is 5.02 Å². The van der Waals surface area contributed by atoms with E-state index in [1.165, 1.54) is 29.2 Å². The molecule has 8 heteroatoms. The fourth-order valence-corrected chi connectivity index (χ4v) is 2.93. The third-order valence-electron chi connectivity index (χ3n) is 4.21. The lowest BCUT2D eigenvalue weighted by atomic mass is 10.0. The van der Waals surface area contributed by atoms with Gasteiger partial charge in [0.05, 0.1) is 23.7 Å². The molecule has 6 nitrogen and oxygen atoms in total. The van der Waals surface area contributed by atoms with Crippen molar-refractivity contribution in [3.8, 4) is 16.9 Å². The average Bonchev–Trinajstić information content (AvgIpc) is 2.58. The van der Waals surface area contributed by atoms with Crippen LogP contribution in [-0.4, -0.2) is 46.9 Å². The van der Waals surface area contributed by atoms with E-state index >= 15 is 0 Å². The lowest BCUT2D eigenvalue weighted by Crippen LogP contribution is -2.57. The summed E-state index contributed by atoms with van der Waals surface area (Å²) >= 11 is 5.72. The molecule has 0 spiro atoms. The third-order valence-corrected chi connectivity index (χ3v) is 4.52. The molecule has 3 rings (SSSR count). The number of hydrogen-bond acceptors (Lipinski definition) is 4.